The van der Waals surface area contributed by atoms with Gasteiger partial charge in [0.2, 0.25) is 0 Å². The Morgan fingerprint density at radius 2 is 1.94 bits per heavy atom. The molecule has 0 N–H and O–H groups in total. The highest BCUT2D eigenvalue weighted by atomic mass is 14.6. The minimum atomic E-state index is 0.429. The molecule has 16 heavy (non-hydrogen) atoms. The Kier molecular flexibility index (Phi) is 2.80. The molecule has 90 valence electrons. The first-order valence-corrected chi connectivity index (χ1v) is 6.72. The Morgan fingerprint density at radius 1 is 1.25 bits per heavy atom. The third-order valence-corrected chi connectivity index (χ3v) is 5.42. The second-order valence-electron chi connectivity index (χ2n) is 6.81. The molecule has 0 heteroatoms. The fourth-order valence-corrected chi connectivity index (χ4v) is 4.65. The predicted octanol–water partition coefficient (Wildman–Crippen LogP) is 4.97. The van der Waals surface area contributed by atoms with Crippen molar-refractivity contribution < 1.29 is 0 Å². The van der Waals surface area contributed by atoms with Crippen molar-refractivity contribution >= 4 is 0 Å². The van der Waals surface area contributed by atoms with E-state index in [2.05, 4.69) is 40.0 Å². The molecule has 0 aromatic heterocycles. The summed E-state index contributed by atoms with van der Waals surface area (Å²) < 4.78 is 0. The van der Waals surface area contributed by atoms with Gasteiger partial charge in [0.1, 0.15) is 0 Å². The van der Waals surface area contributed by atoms with Crippen molar-refractivity contribution in [3.8, 4) is 0 Å². The van der Waals surface area contributed by atoms with Crippen LogP contribution in [0.1, 0.15) is 52.9 Å². The molecule has 1 unspecified atom stereocenters. The zero-order valence-electron chi connectivity index (χ0n) is 11.2. The quantitative estimate of drug-likeness (QED) is 0.545. The molecule has 0 spiro atoms. The molecule has 0 heterocycles. The van der Waals surface area contributed by atoms with Crippen LogP contribution in [-0.4, -0.2) is 0 Å². The lowest BCUT2D eigenvalue weighted by atomic mass is 9.48. The monoisotopic (exact) mass is 218 g/mol. The summed E-state index contributed by atoms with van der Waals surface area (Å²) in [4.78, 5) is 0. The van der Waals surface area contributed by atoms with Crippen LogP contribution in [0.3, 0.4) is 0 Å². The molecule has 0 radical (unpaired) electrons. The van der Waals surface area contributed by atoms with Crippen LogP contribution in [-0.2, 0) is 0 Å². The molecular formula is C16H26. The van der Waals surface area contributed by atoms with Gasteiger partial charge in [-0.1, -0.05) is 45.4 Å². The molecule has 0 bridgehead atoms. The van der Waals surface area contributed by atoms with Gasteiger partial charge < -0.3 is 0 Å². The zero-order valence-corrected chi connectivity index (χ0v) is 11.2. The smallest absolute Gasteiger partial charge is 0.00281 e. The molecule has 0 aromatic rings. The molecule has 2 aliphatic carbocycles. The van der Waals surface area contributed by atoms with Gasteiger partial charge in [0.05, 0.1) is 0 Å². The molecular weight excluding hydrogens is 192 g/mol. The zero-order chi connectivity index (χ0) is 12.0. The highest BCUT2D eigenvalue weighted by Gasteiger charge is 2.51. The normalized spacial score (nSPS) is 42.6. The van der Waals surface area contributed by atoms with Gasteiger partial charge in [0.25, 0.3) is 0 Å². The van der Waals surface area contributed by atoms with Gasteiger partial charge in [-0.05, 0) is 42.4 Å². The minimum Gasteiger partial charge on any atom is -0.102 e. The van der Waals surface area contributed by atoms with Gasteiger partial charge in [0, 0.05) is 5.92 Å². The van der Waals surface area contributed by atoms with E-state index in [-0.39, 0.29) is 0 Å². The first-order valence-electron chi connectivity index (χ1n) is 6.72. The van der Waals surface area contributed by atoms with Crippen LogP contribution in [0.5, 0.6) is 0 Å². The van der Waals surface area contributed by atoms with Crippen molar-refractivity contribution in [1.82, 2.24) is 0 Å². The third kappa shape index (κ3) is 1.58. The Bertz CT molecular complexity index is 310. The van der Waals surface area contributed by atoms with Gasteiger partial charge in [-0.2, -0.15) is 0 Å². The maximum Gasteiger partial charge on any atom is 0.00281 e. The molecule has 2 fully saturated rings. The highest BCUT2D eigenvalue weighted by molar-refractivity contribution is 5.20. The van der Waals surface area contributed by atoms with E-state index >= 15 is 0 Å². The lowest BCUT2D eigenvalue weighted by molar-refractivity contribution is -0.0390. The van der Waals surface area contributed by atoms with Crippen LogP contribution in [0.15, 0.2) is 24.8 Å². The second-order valence-corrected chi connectivity index (χ2v) is 6.81. The summed E-state index contributed by atoms with van der Waals surface area (Å²) >= 11 is 0. The summed E-state index contributed by atoms with van der Waals surface area (Å²) in [5.74, 6) is 1.40. The maximum absolute atomic E-state index is 4.28. The van der Waals surface area contributed by atoms with Gasteiger partial charge in [-0.15, -0.1) is 6.58 Å². The number of hydrogen-bond donors (Lipinski definition) is 0. The second kappa shape index (κ2) is 3.75. The number of fused-ring (bicyclic) bond motifs is 1. The molecule has 2 rings (SSSR count). The van der Waals surface area contributed by atoms with Crippen molar-refractivity contribution in [1.29, 1.82) is 0 Å². The van der Waals surface area contributed by atoms with Crippen LogP contribution in [0.4, 0.5) is 0 Å². The summed E-state index contributed by atoms with van der Waals surface area (Å²) in [6.07, 6.45) is 8.83. The molecule has 0 aliphatic heterocycles. The van der Waals surface area contributed by atoms with E-state index in [0.717, 1.165) is 5.92 Å². The summed E-state index contributed by atoms with van der Waals surface area (Å²) in [6.45, 7) is 15.7. The maximum atomic E-state index is 4.28. The van der Waals surface area contributed by atoms with E-state index in [1.165, 1.54) is 37.7 Å². The summed E-state index contributed by atoms with van der Waals surface area (Å²) in [7, 11) is 0. The molecule has 0 nitrogen and oxygen atoms in total. The van der Waals surface area contributed by atoms with Crippen LogP contribution < -0.4 is 0 Å². The van der Waals surface area contributed by atoms with Crippen LogP contribution in [0.25, 0.3) is 0 Å². The molecule has 2 saturated carbocycles. The first-order chi connectivity index (χ1) is 7.42. The Morgan fingerprint density at radius 3 is 2.56 bits per heavy atom. The Labute approximate surface area is 101 Å². The van der Waals surface area contributed by atoms with Crippen molar-refractivity contribution in [3.63, 3.8) is 0 Å². The number of hydrogen-bond acceptors (Lipinski definition) is 0. The summed E-state index contributed by atoms with van der Waals surface area (Å²) in [5.41, 5.74) is 2.36. The fraction of sp³-hybridized carbons (Fsp3) is 0.750. The van der Waals surface area contributed by atoms with Crippen molar-refractivity contribution in [2.45, 2.75) is 52.9 Å². The summed E-state index contributed by atoms with van der Waals surface area (Å²) in [5, 5.41) is 0. The number of rotatable bonds is 1. The van der Waals surface area contributed by atoms with E-state index in [1.807, 2.05) is 0 Å². The van der Waals surface area contributed by atoms with Crippen LogP contribution in [0.2, 0.25) is 0 Å². The molecule has 0 aromatic carbocycles. The average molecular weight is 218 g/mol. The fourth-order valence-electron chi connectivity index (χ4n) is 4.65. The van der Waals surface area contributed by atoms with Crippen molar-refractivity contribution in [2.75, 3.05) is 0 Å². The molecule has 0 amide bonds. The van der Waals surface area contributed by atoms with Gasteiger partial charge in [0.15, 0.2) is 0 Å². The summed E-state index contributed by atoms with van der Waals surface area (Å²) in [6, 6.07) is 0. The van der Waals surface area contributed by atoms with Gasteiger partial charge >= 0.3 is 0 Å². The lowest BCUT2D eigenvalue weighted by Crippen LogP contribution is -2.48. The molecule has 0 saturated heterocycles. The molecule has 3 atom stereocenters. The molecule has 2 aliphatic rings. The Balaban J connectivity index is 2.38. The predicted molar refractivity (Wildman–Crippen MR) is 71.3 cm³/mol. The minimum absolute atomic E-state index is 0.429. The van der Waals surface area contributed by atoms with Crippen molar-refractivity contribution in [3.05, 3.63) is 24.8 Å². The van der Waals surface area contributed by atoms with Crippen LogP contribution in [0, 0.1) is 22.7 Å². The standard InChI is InChI=1S/C16H26/c1-6-13-12(2)8-9-14-15(3,4)10-7-11-16(13,14)5/h6,13-14H,1-2,7-11H2,3-5H3/t13?,14-,16+/m0/s1. The third-order valence-electron chi connectivity index (χ3n) is 5.42. The van der Waals surface area contributed by atoms with Gasteiger partial charge in [-0.25, -0.2) is 0 Å². The number of allylic oxidation sites excluding steroid dienone is 2. The van der Waals surface area contributed by atoms with E-state index in [0.29, 0.717) is 16.7 Å². The van der Waals surface area contributed by atoms with E-state index in [1.54, 1.807) is 0 Å². The topological polar surface area (TPSA) is 0 Å². The highest BCUT2D eigenvalue weighted by Crippen LogP contribution is 2.60. The Hall–Kier alpha value is -0.520. The van der Waals surface area contributed by atoms with Crippen molar-refractivity contribution in [2.24, 2.45) is 22.7 Å². The van der Waals surface area contributed by atoms with E-state index < -0.39 is 0 Å². The average Bonchev–Trinajstić information content (AvgIpc) is 2.15. The SMILES string of the molecule is C=CC1C(=C)CC[C@H]2C(C)(C)CCC[C@]12C. The first kappa shape index (κ1) is 12.0. The lowest BCUT2D eigenvalue weighted by Gasteiger charge is -2.57. The largest absolute Gasteiger partial charge is 0.102 e. The van der Waals surface area contributed by atoms with E-state index in [9.17, 15) is 0 Å². The van der Waals surface area contributed by atoms with Crippen LogP contribution >= 0.6 is 0 Å². The van der Waals surface area contributed by atoms with E-state index in [4.69, 9.17) is 0 Å². The van der Waals surface area contributed by atoms with Gasteiger partial charge in [-0.3, -0.25) is 0 Å².